The number of esters is 1. The van der Waals surface area contributed by atoms with Crippen molar-refractivity contribution in [3.8, 4) is 0 Å². The highest BCUT2D eigenvalue weighted by molar-refractivity contribution is 7.89. The fourth-order valence-corrected chi connectivity index (χ4v) is 4.23. The second-order valence-corrected chi connectivity index (χ2v) is 7.71. The molecule has 0 fully saturated rings. The van der Waals surface area contributed by atoms with Gasteiger partial charge in [0.1, 0.15) is 0 Å². The second-order valence-electron chi connectivity index (χ2n) is 6.03. The molecule has 0 saturated carbocycles. The van der Waals surface area contributed by atoms with Crippen LogP contribution < -0.4 is 4.72 Å². The number of methoxy groups -OCH3 is 1. The summed E-state index contributed by atoms with van der Waals surface area (Å²) in [6.07, 6.45) is 0. The zero-order valence-corrected chi connectivity index (χ0v) is 15.9. The molecular formula is C18H20N2O6S. The quantitative estimate of drug-likeness (QED) is 0.440. The van der Waals surface area contributed by atoms with Gasteiger partial charge in [-0.05, 0) is 18.1 Å². The highest BCUT2D eigenvalue weighted by Crippen LogP contribution is 2.28. The van der Waals surface area contributed by atoms with E-state index in [0.29, 0.717) is 11.1 Å². The lowest BCUT2D eigenvalue weighted by Crippen LogP contribution is -2.36. The summed E-state index contributed by atoms with van der Waals surface area (Å²) < 4.78 is 33.1. The number of nitrogens with one attached hydrogen (secondary N) is 1. The van der Waals surface area contributed by atoms with E-state index >= 15 is 0 Å². The minimum Gasteiger partial charge on any atom is -0.469 e. The molecule has 0 amide bonds. The predicted molar refractivity (Wildman–Crippen MR) is 98.5 cm³/mol. The van der Waals surface area contributed by atoms with Crippen molar-refractivity contribution in [2.45, 2.75) is 24.8 Å². The first-order valence-electron chi connectivity index (χ1n) is 8.07. The summed E-state index contributed by atoms with van der Waals surface area (Å²) in [6, 6.07) is 11.3. The molecule has 2 atom stereocenters. The van der Waals surface area contributed by atoms with Crippen LogP contribution in [0.25, 0.3) is 0 Å². The summed E-state index contributed by atoms with van der Waals surface area (Å²) in [5.41, 5.74) is 0.589. The van der Waals surface area contributed by atoms with Crippen LogP contribution >= 0.6 is 0 Å². The number of nitrogens with zero attached hydrogens (tertiary/aromatic N) is 1. The number of nitro benzene ring substituents is 1. The number of ether oxygens (including phenoxy) is 1. The Morgan fingerprint density at radius 1 is 1.19 bits per heavy atom. The number of non-ortho nitro benzene ring substituents is 1. The molecule has 9 heteroatoms. The van der Waals surface area contributed by atoms with Gasteiger partial charge < -0.3 is 4.74 Å². The lowest BCUT2D eigenvalue weighted by Gasteiger charge is -2.24. The van der Waals surface area contributed by atoms with Crippen molar-refractivity contribution in [3.63, 3.8) is 0 Å². The number of nitro groups is 1. The molecule has 0 aromatic heterocycles. The van der Waals surface area contributed by atoms with Gasteiger partial charge in [-0.3, -0.25) is 14.9 Å². The predicted octanol–water partition coefficient (Wildman–Crippen LogP) is 2.73. The number of rotatable bonds is 7. The maximum Gasteiger partial charge on any atom is 0.310 e. The molecular weight excluding hydrogens is 372 g/mol. The SMILES string of the molecule is COC(=O)[C@@H](C)[C@H](NS(=O)(=O)c1cc([N+](=O)[O-])ccc1C)c1ccccc1. The topological polar surface area (TPSA) is 116 Å². The Hall–Kier alpha value is -2.78. The summed E-state index contributed by atoms with van der Waals surface area (Å²) in [5, 5.41) is 11.0. The van der Waals surface area contributed by atoms with E-state index in [0.717, 1.165) is 6.07 Å². The molecule has 0 unspecified atom stereocenters. The normalized spacial score (nSPS) is 13.6. The molecule has 0 aliphatic carbocycles. The van der Waals surface area contributed by atoms with Gasteiger partial charge in [-0.2, -0.15) is 0 Å². The molecule has 0 bridgehead atoms. The highest BCUT2D eigenvalue weighted by atomic mass is 32.2. The van der Waals surface area contributed by atoms with Crippen molar-refractivity contribution in [1.82, 2.24) is 4.72 Å². The molecule has 0 saturated heterocycles. The number of hydrogen-bond acceptors (Lipinski definition) is 6. The van der Waals surface area contributed by atoms with Crippen LogP contribution in [0.15, 0.2) is 53.4 Å². The number of benzene rings is 2. The lowest BCUT2D eigenvalue weighted by atomic mass is 9.95. The van der Waals surface area contributed by atoms with Crippen molar-refractivity contribution >= 4 is 21.7 Å². The van der Waals surface area contributed by atoms with Crippen molar-refractivity contribution in [2.75, 3.05) is 7.11 Å². The average molecular weight is 392 g/mol. The Bertz CT molecular complexity index is 944. The molecule has 27 heavy (non-hydrogen) atoms. The number of carbonyl (C=O) groups excluding carboxylic acids is 1. The third kappa shape index (κ3) is 4.69. The highest BCUT2D eigenvalue weighted by Gasteiger charge is 2.32. The van der Waals surface area contributed by atoms with Crippen LogP contribution in [0.1, 0.15) is 24.1 Å². The van der Waals surface area contributed by atoms with Crippen LogP contribution in [0.3, 0.4) is 0 Å². The molecule has 8 nitrogen and oxygen atoms in total. The number of aryl methyl sites for hydroxylation is 1. The van der Waals surface area contributed by atoms with Crippen LogP contribution in [-0.2, 0) is 19.6 Å². The zero-order chi connectivity index (χ0) is 20.2. The van der Waals surface area contributed by atoms with Crippen molar-refractivity contribution in [1.29, 1.82) is 0 Å². The first kappa shape index (κ1) is 20.5. The van der Waals surface area contributed by atoms with Gasteiger partial charge in [-0.15, -0.1) is 0 Å². The summed E-state index contributed by atoms with van der Waals surface area (Å²) in [6.45, 7) is 3.09. The number of hydrogen-bond donors (Lipinski definition) is 1. The molecule has 0 heterocycles. The Kier molecular flexibility index (Phi) is 6.29. The summed E-state index contributed by atoms with van der Waals surface area (Å²) >= 11 is 0. The van der Waals surface area contributed by atoms with E-state index in [1.165, 1.54) is 19.2 Å². The first-order valence-corrected chi connectivity index (χ1v) is 9.56. The van der Waals surface area contributed by atoms with E-state index in [2.05, 4.69) is 4.72 Å². The third-order valence-corrected chi connectivity index (χ3v) is 5.77. The fourth-order valence-electron chi connectivity index (χ4n) is 2.66. The van der Waals surface area contributed by atoms with Gasteiger partial charge in [0, 0.05) is 12.1 Å². The lowest BCUT2D eigenvalue weighted by molar-refractivity contribution is -0.385. The third-order valence-electron chi connectivity index (χ3n) is 4.19. The molecule has 1 N–H and O–H groups in total. The Morgan fingerprint density at radius 2 is 1.81 bits per heavy atom. The summed E-state index contributed by atoms with van der Waals surface area (Å²) in [4.78, 5) is 22.1. The van der Waals surface area contributed by atoms with Gasteiger partial charge >= 0.3 is 5.97 Å². The fraction of sp³-hybridized carbons (Fsp3) is 0.278. The van der Waals surface area contributed by atoms with E-state index in [4.69, 9.17) is 4.74 Å². The van der Waals surface area contributed by atoms with Gasteiger partial charge in [0.2, 0.25) is 10.0 Å². The Balaban J connectivity index is 2.49. The maximum absolute atomic E-state index is 12.9. The average Bonchev–Trinajstić information content (AvgIpc) is 2.65. The molecule has 0 radical (unpaired) electrons. The van der Waals surface area contributed by atoms with Gasteiger partial charge in [-0.25, -0.2) is 13.1 Å². The van der Waals surface area contributed by atoms with Crippen molar-refractivity contribution in [2.24, 2.45) is 5.92 Å². The second kappa shape index (κ2) is 8.28. The number of sulfonamides is 1. The molecule has 2 aromatic rings. The smallest absolute Gasteiger partial charge is 0.310 e. The van der Waals surface area contributed by atoms with Gasteiger partial charge in [0.25, 0.3) is 5.69 Å². The number of carbonyl (C=O) groups is 1. The van der Waals surface area contributed by atoms with E-state index in [9.17, 15) is 23.3 Å². The summed E-state index contributed by atoms with van der Waals surface area (Å²) in [7, 11) is -2.92. The Morgan fingerprint density at radius 3 is 2.37 bits per heavy atom. The molecule has 0 aliphatic rings. The minimum atomic E-state index is -4.14. The Labute approximate surface area is 157 Å². The largest absolute Gasteiger partial charge is 0.469 e. The molecule has 144 valence electrons. The van der Waals surface area contributed by atoms with E-state index in [1.807, 2.05) is 0 Å². The minimum absolute atomic E-state index is 0.213. The van der Waals surface area contributed by atoms with E-state index in [1.54, 1.807) is 44.2 Å². The van der Waals surface area contributed by atoms with Gasteiger partial charge in [0.15, 0.2) is 0 Å². The first-order chi connectivity index (χ1) is 12.7. The van der Waals surface area contributed by atoms with Crippen molar-refractivity contribution < 1.29 is 22.9 Å². The molecule has 2 aromatic carbocycles. The summed E-state index contributed by atoms with van der Waals surface area (Å²) in [5.74, 6) is -1.39. The van der Waals surface area contributed by atoms with Crippen LogP contribution in [0, 0.1) is 23.0 Å². The molecule has 0 spiro atoms. The van der Waals surface area contributed by atoms with Crippen LogP contribution in [0.5, 0.6) is 0 Å². The van der Waals surface area contributed by atoms with E-state index < -0.39 is 32.9 Å². The standard InChI is InChI=1S/C18H20N2O6S/c1-12-9-10-15(20(22)23)11-16(12)27(24,25)19-17(13(2)18(21)26-3)14-7-5-4-6-8-14/h4-11,13,17,19H,1-3H3/t13-,17-/m0/s1. The molecule has 2 rings (SSSR count). The van der Waals surface area contributed by atoms with Crippen LogP contribution in [0.2, 0.25) is 0 Å². The monoisotopic (exact) mass is 392 g/mol. The van der Waals surface area contributed by atoms with Crippen LogP contribution in [-0.4, -0.2) is 26.4 Å². The maximum atomic E-state index is 12.9. The molecule has 0 aliphatic heterocycles. The zero-order valence-electron chi connectivity index (χ0n) is 15.1. The van der Waals surface area contributed by atoms with E-state index in [-0.39, 0.29) is 10.6 Å². The van der Waals surface area contributed by atoms with Crippen LogP contribution in [0.4, 0.5) is 5.69 Å². The van der Waals surface area contributed by atoms with Gasteiger partial charge in [0.05, 0.1) is 28.9 Å². The van der Waals surface area contributed by atoms with Crippen molar-refractivity contribution in [3.05, 3.63) is 69.8 Å². The van der Waals surface area contributed by atoms with Gasteiger partial charge in [-0.1, -0.05) is 43.3 Å².